The average molecular weight is 260 g/mol. The van der Waals surface area contributed by atoms with Crippen molar-refractivity contribution < 1.29 is 17.9 Å². The van der Waals surface area contributed by atoms with Crippen LogP contribution in [-0.4, -0.2) is 33.3 Å². The van der Waals surface area contributed by atoms with Crippen LogP contribution in [0.1, 0.15) is 5.56 Å². The van der Waals surface area contributed by atoms with Gasteiger partial charge in [0.15, 0.2) is 5.75 Å². The molecule has 1 aromatic carbocycles. The van der Waals surface area contributed by atoms with Crippen LogP contribution in [0, 0.1) is 0 Å². The number of rotatable bonds is 2. The highest BCUT2D eigenvalue weighted by Gasteiger charge is 2.36. The van der Waals surface area contributed by atoms with Gasteiger partial charge in [-0.15, -0.1) is 0 Å². The van der Waals surface area contributed by atoms with Gasteiger partial charge >= 0.3 is 6.18 Å². The van der Waals surface area contributed by atoms with Gasteiger partial charge in [-0.2, -0.15) is 13.2 Å². The first-order valence-electron chi connectivity index (χ1n) is 5.74. The molecule has 0 unspecified atom stereocenters. The van der Waals surface area contributed by atoms with Crippen LogP contribution in [-0.2, 0) is 6.18 Å². The minimum absolute atomic E-state index is 0.0908. The van der Waals surface area contributed by atoms with Gasteiger partial charge in [0.2, 0.25) is 0 Å². The number of piperazine rings is 1. The fourth-order valence-electron chi connectivity index (χ4n) is 2.12. The van der Waals surface area contributed by atoms with E-state index in [0.29, 0.717) is 18.8 Å². The average Bonchev–Trinajstić information content (AvgIpc) is 2.37. The lowest BCUT2D eigenvalue weighted by atomic mass is 10.1. The topological polar surface area (TPSA) is 24.5 Å². The minimum atomic E-state index is -4.39. The highest BCUT2D eigenvalue weighted by atomic mass is 19.4. The number of alkyl halides is 3. The molecule has 0 bridgehead atoms. The predicted octanol–water partition coefficient (Wildman–Crippen LogP) is 2.12. The van der Waals surface area contributed by atoms with Gasteiger partial charge in [0.1, 0.15) is 0 Å². The number of ether oxygens (including phenoxy) is 1. The summed E-state index contributed by atoms with van der Waals surface area (Å²) >= 11 is 0. The third-order valence-electron chi connectivity index (χ3n) is 2.96. The van der Waals surface area contributed by atoms with E-state index in [1.54, 1.807) is 6.07 Å². The number of anilines is 1. The summed E-state index contributed by atoms with van der Waals surface area (Å²) in [5.41, 5.74) is -0.213. The molecule has 1 aliphatic heterocycles. The standard InChI is InChI=1S/C12H15F3N2O/c1-18-11-9(12(13,14)15)3-2-4-10(11)17-7-5-16-6-8-17/h2-4,16H,5-8H2,1H3. The van der Waals surface area contributed by atoms with Gasteiger partial charge in [-0.1, -0.05) is 6.07 Å². The molecule has 1 saturated heterocycles. The molecule has 6 heteroatoms. The van der Waals surface area contributed by atoms with E-state index >= 15 is 0 Å². The highest BCUT2D eigenvalue weighted by molar-refractivity contribution is 5.63. The van der Waals surface area contributed by atoms with E-state index in [-0.39, 0.29) is 5.75 Å². The van der Waals surface area contributed by atoms with Crippen LogP contribution in [0.4, 0.5) is 18.9 Å². The van der Waals surface area contributed by atoms with E-state index in [9.17, 15) is 13.2 Å². The quantitative estimate of drug-likeness (QED) is 0.881. The highest BCUT2D eigenvalue weighted by Crippen LogP contribution is 2.41. The lowest BCUT2D eigenvalue weighted by Crippen LogP contribution is -2.43. The zero-order valence-electron chi connectivity index (χ0n) is 10.0. The Morgan fingerprint density at radius 3 is 2.44 bits per heavy atom. The maximum Gasteiger partial charge on any atom is 0.420 e. The Labute approximate surface area is 104 Å². The van der Waals surface area contributed by atoms with Gasteiger partial charge in [-0.25, -0.2) is 0 Å². The number of hydrogen-bond acceptors (Lipinski definition) is 3. The van der Waals surface area contributed by atoms with Crippen molar-refractivity contribution in [3.63, 3.8) is 0 Å². The van der Waals surface area contributed by atoms with Crippen LogP contribution in [0.15, 0.2) is 18.2 Å². The molecular formula is C12H15F3N2O. The molecule has 0 amide bonds. The molecule has 1 aliphatic rings. The second-order valence-electron chi connectivity index (χ2n) is 4.09. The Hall–Kier alpha value is -1.43. The summed E-state index contributed by atoms with van der Waals surface area (Å²) in [7, 11) is 1.27. The number of halogens is 3. The normalized spacial score (nSPS) is 16.8. The largest absolute Gasteiger partial charge is 0.494 e. The molecule has 0 spiro atoms. The van der Waals surface area contributed by atoms with Crippen LogP contribution >= 0.6 is 0 Å². The van der Waals surface area contributed by atoms with E-state index in [4.69, 9.17) is 4.74 Å². The molecule has 18 heavy (non-hydrogen) atoms. The van der Waals surface area contributed by atoms with Crippen molar-refractivity contribution in [3.8, 4) is 5.75 Å². The molecule has 1 N–H and O–H groups in total. The Morgan fingerprint density at radius 2 is 1.89 bits per heavy atom. The molecule has 1 fully saturated rings. The third-order valence-corrected chi connectivity index (χ3v) is 2.96. The summed E-state index contributed by atoms with van der Waals surface area (Å²) in [6.07, 6.45) is -4.39. The molecule has 0 atom stereocenters. The summed E-state index contributed by atoms with van der Waals surface area (Å²) in [5.74, 6) is -0.0908. The fraction of sp³-hybridized carbons (Fsp3) is 0.500. The van der Waals surface area contributed by atoms with E-state index < -0.39 is 11.7 Å². The number of nitrogens with zero attached hydrogens (tertiary/aromatic N) is 1. The first-order chi connectivity index (χ1) is 8.54. The van der Waals surface area contributed by atoms with Crippen molar-refractivity contribution >= 4 is 5.69 Å². The van der Waals surface area contributed by atoms with E-state index in [1.807, 2.05) is 4.90 Å². The molecular weight excluding hydrogens is 245 g/mol. The first kappa shape index (κ1) is 13.0. The van der Waals surface area contributed by atoms with Crippen LogP contribution in [0.25, 0.3) is 0 Å². The number of hydrogen-bond donors (Lipinski definition) is 1. The molecule has 100 valence electrons. The maximum atomic E-state index is 12.9. The summed E-state index contributed by atoms with van der Waals surface area (Å²) < 4.78 is 43.6. The second-order valence-corrected chi connectivity index (χ2v) is 4.09. The molecule has 0 saturated carbocycles. The summed E-state index contributed by atoms with van der Waals surface area (Å²) in [4.78, 5) is 1.91. The first-order valence-corrected chi connectivity index (χ1v) is 5.74. The molecule has 3 nitrogen and oxygen atoms in total. The van der Waals surface area contributed by atoms with Gasteiger partial charge in [0.25, 0.3) is 0 Å². The van der Waals surface area contributed by atoms with Crippen LogP contribution in [0.5, 0.6) is 5.75 Å². The Kier molecular flexibility index (Phi) is 3.65. The van der Waals surface area contributed by atoms with E-state index in [1.165, 1.54) is 13.2 Å². The zero-order valence-corrected chi connectivity index (χ0v) is 10.0. The van der Waals surface area contributed by atoms with Crippen molar-refractivity contribution in [2.75, 3.05) is 38.2 Å². The van der Waals surface area contributed by atoms with Crippen molar-refractivity contribution in [2.24, 2.45) is 0 Å². The zero-order chi connectivity index (χ0) is 13.2. The fourth-order valence-corrected chi connectivity index (χ4v) is 2.12. The Balaban J connectivity index is 2.40. The van der Waals surface area contributed by atoms with Gasteiger partial charge < -0.3 is 15.0 Å². The van der Waals surface area contributed by atoms with Crippen molar-refractivity contribution in [1.29, 1.82) is 0 Å². The molecule has 2 rings (SSSR count). The second kappa shape index (κ2) is 5.06. The van der Waals surface area contributed by atoms with Crippen LogP contribution in [0.3, 0.4) is 0 Å². The molecule has 0 aromatic heterocycles. The van der Waals surface area contributed by atoms with Gasteiger partial charge in [0, 0.05) is 26.2 Å². The number of methoxy groups -OCH3 is 1. The van der Waals surface area contributed by atoms with Gasteiger partial charge in [-0.05, 0) is 12.1 Å². The predicted molar refractivity (Wildman–Crippen MR) is 63.1 cm³/mol. The molecule has 1 aromatic rings. The van der Waals surface area contributed by atoms with Crippen LogP contribution in [0.2, 0.25) is 0 Å². The number of para-hydroxylation sites is 1. The van der Waals surface area contributed by atoms with Gasteiger partial charge in [0.05, 0.1) is 18.4 Å². The number of nitrogens with one attached hydrogen (secondary N) is 1. The Bertz CT molecular complexity index is 414. The third kappa shape index (κ3) is 2.53. The van der Waals surface area contributed by atoms with Crippen molar-refractivity contribution in [2.45, 2.75) is 6.18 Å². The smallest absolute Gasteiger partial charge is 0.420 e. The van der Waals surface area contributed by atoms with Crippen LogP contribution < -0.4 is 15.0 Å². The van der Waals surface area contributed by atoms with Gasteiger partial charge in [-0.3, -0.25) is 0 Å². The molecule has 0 aliphatic carbocycles. The molecule has 0 radical (unpaired) electrons. The van der Waals surface area contributed by atoms with E-state index in [2.05, 4.69) is 5.32 Å². The number of benzene rings is 1. The summed E-state index contributed by atoms with van der Waals surface area (Å²) in [5, 5.41) is 3.16. The molecule has 1 heterocycles. The maximum absolute atomic E-state index is 12.9. The van der Waals surface area contributed by atoms with Crippen molar-refractivity contribution in [1.82, 2.24) is 5.32 Å². The SMILES string of the molecule is COc1c(N2CCNCC2)cccc1C(F)(F)F. The lowest BCUT2D eigenvalue weighted by molar-refractivity contribution is -0.138. The van der Waals surface area contributed by atoms with E-state index in [0.717, 1.165) is 19.2 Å². The summed E-state index contributed by atoms with van der Waals surface area (Å²) in [6, 6.07) is 4.13. The minimum Gasteiger partial charge on any atom is -0.494 e. The summed E-state index contributed by atoms with van der Waals surface area (Å²) in [6.45, 7) is 2.88. The monoisotopic (exact) mass is 260 g/mol. The Morgan fingerprint density at radius 1 is 1.22 bits per heavy atom. The van der Waals surface area contributed by atoms with Crippen molar-refractivity contribution in [3.05, 3.63) is 23.8 Å². The lowest BCUT2D eigenvalue weighted by Gasteiger charge is -2.31.